The molecule has 1 aliphatic rings. The van der Waals surface area contributed by atoms with E-state index >= 15 is 0 Å². The first-order valence-electron chi connectivity index (χ1n) is 10.7. The highest BCUT2D eigenvalue weighted by Crippen LogP contribution is 2.32. The number of rotatable bonds is 6. The number of fused-ring (bicyclic) bond motifs is 2. The fraction of sp³-hybridized carbons (Fsp3) is 0.304. The highest BCUT2D eigenvalue weighted by atomic mass is 79.9. The lowest BCUT2D eigenvalue weighted by Crippen LogP contribution is -2.32. The molecular weight excluding hydrogens is 488 g/mol. The van der Waals surface area contributed by atoms with Crippen LogP contribution < -0.4 is 10.6 Å². The van der Waals surface area contributed by atoms with Crippen LogP contribution in [0.25, 0.3) is 21.1 Å². The molecule has 0 unspecified atom stereocenters. The fourth-order valence-electron chi connectivity index (χ4n) is 4.00. The van der Waals surface area contributed by atoms with Gasteiger partial charge in [0.05, 0.1) is 26.9 Å². The number of likely N-dealkylation sites (tertiary alicyclic amines) is 1. The van der Waals surface area contributed by atoms with Gasteiger partial charge in [0, 0.05) is 28.5 Å². The number of hydrogen-bond acceptors (Lipinski definition) is 7. The number of nitrogens with one attached hydrogen (secondary N) is 2. The molecule has 1 amide bonds. The van der Waals surface area contributed by atoms with E-state index in [0.717, 1.165) is 56.6 Å². The summed E-state index contributed by atoms with van der Waals surface area (Å²) in [5.41, 5.74) is 5.26. The van der Waals surface area contributed by atoms with E-state index in [0.29, 0.717) is 12.2 Å². The molecule has 5 rings (SSSR count). The van der Waals surface area contributed by atoms with Crippen molar-refractivity contribution in [3.05, 3.63) is 46.6 Å². The molecule has 9 heteroatoms. The molecular formula is C23H23BrN6OS. The van der Waals surface area contributed by atoms with Gasteiger partial charge in [-0.3, -0.25) is 4.79 Å². The zero-order valence-corrected chi connectivity index (χ0v) is 19.9. The molecule has 4 aromatic rings. The second-order valence-electron chi connectivity index (χ2n) is 7.93. The first kappa shape index (κ1) is 21.2. The number of piperidine rings is 1. The Bertz CT molecular complexity index is 1270. The van der Waals surface area contributed by atoms with Gasteiger partial charge < -0.3 is 15.5 Å². The van der Waals surface area contributed by atoms with Gasteiger partial charge in [0.2, 0.25) is 5.91 Å². The first-order valence-corrected chi connectivity index (χ1v) is 12.4. The van der Waals surface area contributed by atoms with Crippen LogP contribution in [0.2, 0.25) is 0 Å². The van der Waals surface area contributed by atoms with Gasteiger partial charge in [-0.15, -0.1) is 11.3 Å². The molecule has 1 aliphatic heterocycles. The predicted octanol–water partition coefficient (Wildman–Crippen LogP) is 5.56. The summed E-state index contributed by atoms with van der Waals surface area (Å²) in [5.74, 6) is 0.702. The summed E-state index contributed by atoms with van der Waals surface area (Å²) in [4.78, 5) is 28.1. The molecule has 3 heterocycles. The Morgan fingerprint density at radius 3 is 2.81 bits per heavy atom. The van der Waals surface area contributed by atoms with Crippen LogP contribution >= 0.6 is 27.3 Å². The molecule has 7 nitrogen and oxygen atoms in total. The Labute approximate surface area is 198 Å². The van der Waals surface area contributed by atoms with Gasteiger partial charge in [-0.05, 0) is 72.2 Å². The predicted molar refractivity (Wildman–Crippen MR) is 134 cm³/mol. The number of amides is 1. The molecule has 0 spiro atoms. The second-order valence-corrected chi connectivity index (χ2v) is 9.67. The maximum absolute atomic E-state index is 12.6. The summed E-state index contributed by atoms with van der Waals surface area (Å²) >= 11 is 5.18. The number of benzene rings is 2. The van der Waals surface area contributed by atoms with Crippen LogP contribution in [0.1, 0.15) is 25.7 Å². The van der Waals surface area contributed by atoms with Gasteiger partial charge in [-0.2, -0.15) is 0 Å². The van der Waals surface area contributed by atoms with Gasteiger partial charge in [0.25, 0.3) is 0 Å². The van der Waals surface area contributed by atoms with Crippen molar-refractivity contribution in [3.8, 4) is 0 Å². The van der Waals surface area contributed by atoms with E-state index in [1.54, 1.807) is 17.7 Å². The van der Waals surface area contributed by atoms with E-state index in [1.165, 1.54) is 19.3 Å². The van der Waals surface area contributed by atoms with Crippen molar-refractivity contribution >= 4 is 71.5 Å². The van der Waals surface area contributed by atoms with Crippen molar-refractivity contribution in [2.75, 3.05) is 30.3 Å². The number of carbonyl (C=O) groups is 1. The largest absolute Gasteiger partial charge is 0.340 e. The number of carbonyl (C=O) groups excluding carboxylic acids is 1. The lowest BCUT2D eigenvalue weighted by Gasteiger charge is -2.26. The zero-order valence-electron chi connectivity index (χ0n) is 17.5. The number of thiazole rings is 1. The lowest BCUT2D eigenvalue weighted by atomic mass is 10.1. The number of anilines is 3. The quantitative estimate of drug-likeness (QED) is 0.353. The number of aromatic nitrogens is 3. The third kappa shape index (κ3) is 4.74. The highest BCUT2D eigenvalue weighted by Gasteiger charge is 2.14. The second kappa shape index (κ2) is 9.48. The van der Waals surface area contributed by atoms with E-state index in [9.17, 15) is 4.79 Å². The summed E-state index contributed by atoms with van der Waals surface area (Å²) in [6.07, 6.45) is 5.77. The topological polar surface area (TPSA) is 83.0 Å². The average molecular weight is 511 g/mol. The summed E-state index contributed by atoms with van der Waals surface area (Å²) in [6, 6.07) is 9.87. The molecule has 0 atom stereocenters. The molecule has 0 aliphatic carbocycles. The Hall–Kier alpha value is -2.62. The first-order chi connectivity index (χ1) is 15.7. The minimum absolute atomic E-state index is 0.0117. The van der Waals surface area contributed by atoms with Crippen LogP contribution in [0.4, 0.5) is 17.2 Å². The molecule has 2 N–H and O–H groups in total. The maximum atomic E-state index is 12.6. The van der Waals surface area contributed by atoms with Crippen molar-refractivity contribution in [1.29, 1.82) is 0 Å². The van der Waals surface area contributed by atoms with Crippen LogP contribution in [0.15, 0.2) is 46.6 Å². The van der Waals surface area contributed by atoms with Gasteiger partial charge in [-0.25, -0.2) is 15.0 Å². The van der Waals surface area contributed by atoms with E-state index < -0.39 is 0 Å². The van der Waals surface area contributed by atoms with E-state index in [2.05, 4.69) is 52.5 Å². The number of halogens is 1. The summed E-state index contributed by atoms with van der Waals surface area (Å²) in [7, 11) is 0. The van der Waals surface area contributed by atoms with Gasteiger partial charge >= 0.3 is 0 Å². The smallest absolute Gasteiger partial charge is 0.225 e. The van der Waals surface area contributed by atoms with Crippen LogP contribution in [0.5, 0.6) is 0 Å². The lowest BCUT2D eigenvalue weighted by molar-refractivity contribution is -0.116. The van der Waals surface area contributed by atoms with Crippen molar-refractivity contribution in [2.24, 2.45) is 0 Å². The minimum Gasteiger partial charge on any atom is -0.340 e. The zero-order chi connectivity index (χ0) is 21.9. The van der Waals surface area contributed by atoms with Crippen LogP contribution in [-0.2, 0) is 4.79 Å². The Morgan fingerprint density at radius 2 is 1.94 bits per heavy atom. The molecule has 0 bridgehead atoms. The fourth-order valence-corrected chi connectivity index (χ4v) is 5.14. The minimum atomic E-state index is 0.0117. The molecule has 1 fully saturated rings. The van der Waals surface area contributed by atoms with Crippen LogP contribution in [0, 0.1) is 0 Å². The molecule has 1 saturated heterocycles. The summed E-state index contributed by atoms with van der Waals surface area (Å²) in [5, 5.41) is 7.28. The SMILES string of the molecule is O=C(CCN1CCCCC1)Nc1cc2c(Nc3ccc4ncsc4c3)ncnc2cc1Br. The van der Waals surface area contributed by atoms with E-state index in [4.69, 9.17) is 0 Å². The average Bonchev–Trinajstić information content (AvgIpc) is 3.27. The van der Waals surface area contributed by atoms with E-state index in [-0.39, 0.29) is 5.91 Å². The Balaban J connectivity index is 1.35. The van der Waals surface area contributed by atoms with Gasteiger partial charge in [-0.1, -0.05) is 6.42 Å². The monoisotopic (exact) mass is 510 g/mol. The molecule has 2 aromatic carbocycles. The van der Waals surface area contributed by atoms with Crippen LogP contribution in [0.3, 0.4) is 0 Å². The third-order valence-corrected chi connectivity index (χ3v) is 7.14. The number of nitrogens with zero attached hydrogens (tertiary/aromatic N) is 4. The van der Waals surface area contributed by atoms with Gasteiger partial charge in [0.15, 0.2) is 0 Å². The molecule has 2 aromatic heterocycles. The van der Waals surface area contributed by atoms with Crippen molar-refractivity contribution in [2.45, 2.75) is 25.7 Å². The van der Waals surface area contributed by atoms with Crippen molar-refractivity contribution in [3.63, 3.8) is 0 Å². The standard InChI is InChI=1S/C23H23BrN6OS/c24-17-12-19-16(11-20(17)29-22(31)6-9-30-7-2-1-3-8-30)23(26-13-25-19)28-15-4-5-18-21(10-15)32-14-27-18/h4-5,10-14H,1-3,6-9H2,(H,29,31)(H,25,26,28). The van der Waals surface area contributed by atoms with Gasteiger partial charge in [0.1, 0.15) is 12.1 Å². The van der Waals surface area contributed by atoms with Crippen LogP contribution in [-0.4, -0.2) is 45.4 Å². The Morgan fingerprint density at radius 1 is 1.06 bits per heavy atom. The van der Waals surface area contributed by atoms with Crippen molar-refractivity contribution < 1.29 is 4.79 Å². The normalized spacial score (nSPS) is 14.7. The summed E-state index contributed by atoms with van der Waals surface area (Å²) < 4.78 is 1.91. The third-order valence-electron chi connectivity index (χ3n) is 5.70. The number of hydrogen-bond donors (Lipinski definition) is 2. The van der Waals surface area contributed by atoms with Crippen molar-refractivity contribution in [1.82, 2.24) is 19.9 Å². The Kier molecular flexibility index (Phi) is 6.29. The molecule has 0 saturated carbocycles. The summed E-state index contributed by atoms with van der Waals surface area (Å²) in [6.45, 7) is 2.98. The molecule has 0 radical (unpaired) electrons. The maximum Gasteiger partial charge on any atom is 0.225 e. The highest BCUT2D eigenvalue weighted by molar-refractivity contribution is 9.10. The molecule has 164 valence electrons. The molecule has 32 heavy (non-hydrogen) atoms. The van der Waals surface area contributed by atoms with E-state index in [1.807, 2.05) is 29.8 Å².